The summed E-state index contributed by atoms with van der Waals surface area (Å²) in [6.07, 6.45) is 0.795. The van der Waals surface area contributed by atoms with E-state index in [-0.39, 0.29) is 11.9 Å². The van der Waals surface area contributed by atoms with E-state index in [4.69, 9.17) is 9.47 Å². The number of hydrogen-bond donors (Lipinski definition) is 1. The molecule has 0 unspecified atom stereocenters. The SMILES string of the molecule is CC1(C)Oc2ccc(C#N)cc2[C@@H](N2CCCC2=O)[C@H]1OCO. The van der Waals surface area contributed by atoms with Crippen molar-refractivity contribution in [3.63, 3.8) is 0 Å². The second kappa shape index (κ2) is 5.84. The third-order valence-corrected chi connectivity index (χ3v) is 4.50. The first-order chi connectivity index (χ1) is 11.0. The Morgan fingerprint density at radius 1 is 1.52 bits per heavy atom. The van der Waals surface area contributed by atoms with E-state index >= 15 is 0 Å². The van der Waals surface area contributed by atoms with Gasteiger partial charge in [0, 0.05) is 18.5 Å². The van der Waals surface area contributed by atoms with Gasteiger partial charge in [0.15, 0.2) is 0 Å². The molecule has 1 aromatic carbocycles. The smallest absolute Gasteiger partial charge is 0.223 e. The third kappa shape index (κ3) is 2.67. The van der Waals surface area contributed by atoms with Crippen LogP contribution in [-0.2, 0) is 9.53 Å². The Balaban J connectivity index is 2.13. The van der Waals surface area contributed by atoms with Gasteiger partial charge in [-0.05, 0) is 38.5 Å². The molecule has 122 valence electrons. The molecule has 3 rings (SSSR count). The molecule has 1 N–H and O–H groups in total. The van der Waals surface area contributed by atoms with Gasteiger partial charge in [0.1, 0.15) is 24.2 Å². The average molecular weight is 316 g/mol. The number of rotatable bonds is 3. The molecular weight excluding hydrogens is 296 g/mol. The van der Waals surface area contributed by atoms with Crippen molar-refractivity contribution in [2.24, 2.45) is 0 Å². The molecule has 0 radical (unpaired) electrons. The number of aliphatic hydroxyl groups is 1. The highest BCUT2D eigenvalue weighted by Crippen LogP contribution is 2.45. The van der Waals surface area contributed by atoms with Crippen molar-refractivity contribution in [3.8, 4) is 11.8 Å². The number of benzene rings is 1. The van der Waals surface area contributed by atoms with E-state index < -0.39 is 18.5 Å². The van der Waals surface area contributed by atoms with Crippen molar-refractivity contribution in [3.05, 3.63) is 29.3 Å². The summed E-state index contributed by atoms with van der Waals surface area (Å²) in [5.41, 5.74) is 0.556. The zero-order chi connectivity index (χ0) is 16.6. The molecule has 23 heavy (non-hydrogen) atoms. The van der Waals surface area contributed by atoms with Crippen molar-refractivity contribution >= 4 is 5.91 Å². The van der Waals surface area contributed by atoms with E-state index in [1.165, 1.54) is 0 Å². The molecule has 2 heterocycles. The molecule has 1 fully saturated rings. The van der Waals surface area contributed by atoms with Crippen LogP contribution in [0.5, 0.6) is 5.75 Å². The highest BCUT2D eigenvalue weighted by Gasteiger charge is 2.49. The molecule has 6 heteroatoms. The van der Waals surface area contributed by atoms with Crippen LogP contribution in [0.1, 0.15) is 43.9 Å². The molecule has 0 saturated carbocycles. The lowest BCUT2D eigenvalue weighted by Crippen LogP contribution is -2.55. The van der Waals surface area contributed by atoms with Crippen LogP contribution in [0.3, 0.4) is 0 Å². The maximum atomic E-state index is 12.3. The first-order valence-electron chi connectivity index (χ1n) is 7.73. The Hall–Kier alpha value is -2.10. The molecule has 0 spiro atoms. The first-order valence-corrected chi connectivity index (χ1v) is 7.73. The Labute approximate surface area is 135 Å². The van der Waals surface area contributed by atoms with Crippen molar-refractivity contribution in [1.82, 2.24) is 4.90 Å². The molecule has 2 aliphatic heterocycles. The standard InChI is InChI=1S/C17H20N2O4/c1-17(2)16(22-10-20)15(19-7-3-4-14(19)21)12-8-11(9-18)5-6-13(12)23-17/h5-6,8,15-16,20H,3-4,7,10H2,1-2H3/t15-,16-/m1/s1. The lowest BCUT2D eigenvalue weighted by atomic mass is 9.85. The number of carbonyl (C=O) groups is 1. The molecule has 6 nitrogen and oxygen atoms in total. The zero-order valence-corrected chi connectivity index (χ0v) is 13.3. The van der Waals surface area contributed by atoms with Crippen LogP contribution in [0.4, 0.5) is 0 Å². The van der Waals surface area contributed by atoms with Crippen LogP contribution in [0.25, 0.3) is 0 Å². The van der Waals surface area contributed by atoms with E-state index in [1.54, 1.807) is 23.1 Å². The van der Waals surface area contributed by atoms with Crippen molar-refractivity contribution in [1.29, 1.82) is 5.26 Å². The molecule has 0 bridgehead atoms. The highest BCUT2D eigenvalue weighted by molar-refractivity contribution is 5.79. The largest absolute Gasteiger partial charge is 0.485 e. The van der Waals surface area contributed by atoms with Crippen LogP contribution < -0.4 is 4.74 Å². The second-order valence-corrected chi connectivity index (χ2v) is 6.42. The van der Waals surface area contributed by atoms with Gasteiger partial charge in [0.25, 0.3) is 0 Å². The number of likely N-dealkylation sites (tertiary alicyclic amines) is 1. The maximum Gasteiger partial charge on any atom is 0.223 e. The Kier molecular flexibility index (Phi) is 4.00. The molecule has 1 aromatic rings. The predicted octanol–water partition coefficient (Wildman–Crippen LogP) is 1.73. The fourth-order valence-electron chi connectivity index (χ4n) is 3.49. The van der Waals surface area contributed by atoms with Gasteiger partial charge in [-0.1, -0.05) is 0 Å². The summed E-state index contributed by atoms with van der Waals surface area (Å²) >= 11 is 0. The predicted molar refractivity (Wildman–Crippen MR) is 81.5 cm³/mol. The molecule has 2 aliphatic rings. The topological polar surface area (TPSA) is 82.8 Å². The van der Waals surface area contributed by atoms with E-state index in [0.29, 0.717) is 24.3 Å². The lowest BCUT2D eigenvalue weighted by molar-refractivity contribution is -0.168. The van der Waals surface area contributed by atoms with Gasteiger partial charge >= 0.3 is 0 Å². The van der Waals surface area contributed by atoms with Gasteiger partial charge in [0.2, 0.25) is 5.91 Å². The summed E-state index contributed by atoms with van der Waals surface area (Å²) in [5, 5.41) is 18.5. The van der Waals surface area contributed by atoms with Gasteiger partial charge in [-0.25, -0.2) is 0 Å². The molecule has 0 aromatic heterocycles. The third-order valence-electron chi connectivity index (χ3n) is 4.50. The summed E-state index contributed by atoms with van der Waals surface area (Å²) < 4.78 is 11.6. The fourth-order valence-corrected chi connectivity index (χ4v) is 3.49. The molecular formula is C17H20N2O4. The minimum Gasteiger partial charge on any atom is -0.485 e. The number of nitriles is 1. The molecule has 2 atom stereocenters. The van der Waals surface area contributed by atoms with Gasteiger partial charge in [-0.2, -0.15) is 5.26 Å². The number of ether oxygens (including phenoxy) is 2. The van der Waals surface area contributed by atoms with Crippen LogP contribution in [0.2, 0.25) is 0 Å². The first kappa shape index (κ1) is 15.8. The number of nitrogens with zero attached hydrogens (tertiary/aromatic N) is 2. The van der Waals surface area contributed by atoms with Crippen LogP contribution in [-0.4, -0.2) is 41.0 Å². The summed E-state index contributed by atoms with van der Waals surface area (Å²) in [7, 11) is 0. The monoisotopic (exact) mass is 316 g/mol. The number of fused-ring (bicyclic) bond motifs is 1. The van der Waals surface area contributed by atoms with Crippen molar-refractivity contribution in [2.45, 2.75) is 44.4 Å². The minimum absolute atomic E-state index is 0.0625. The number of aliphatic hydroxyl groups excluding tert-OH is 1. The molecule has 1 saturated heterocycles. The van der Waals surface area contributed by atoms with Gasteiger partial charge in [0.05, 0.1) is 17.7 Å². The maximum absolute atomic E-state index is 12.3. The molecule has 0 aliphatic carbocycles. The zero-order valence-electron chi connectivity index (χ0n) is 13.3. The van der Waals surface area contributed by atoms with E-state index in [2.05, 4.69) is 6.07 Å². The van der Waals surface area contributed by atoms with Crippen molar-refractivity contribution in [2.75, 3.05) is 13.3 Å². The summed E-state index contributed by atoms with van der Waals surface area (Å²) in [6, 6.07) is 6.95. The summed E-state index contributed by atoms with van der Waals surface area (Å²) in [5.74, 6) is 0.712. The average Bonchev–Trinajstić information content (AvgIpc) is 2.93. The second-order valence-electron chi connectivity index (χ2n) is 6.42. The van der Waals surface area contributed by atoms with Crippen LogP contribution in [0.15, 0.2) is 18.2 Å². The van der Waals surface area contributed by atoms with E-state index in [9.17, 15) is 15.2 Å². The van der Waals surface area contributed by atoms with E-state index in [0.717, 1.165) is 12.0 Å². The van der Waals surface area contributed by atoms with E-state index in [1.807, 2.05) is 13.8 Å². The quantitative estimate of drug-likeness (QED) is 0.859. The Bertz CT molecular complexity index is 665. The Morgan fingerprint density at radius 2 is 2.30 bits per heavy atom. The van der Waals surface area contributed by atoms with Gasteiger partial charge < -0.3 is 19.5 Å². The normalized spacial score (nSPS) is 25.7. The van der Waals surface area contributed by atoms with Crippen LogP contribution in [0, 0.1) is 11.3 Å². The van der Waals surface area contributed by atoms with Crippen molar-refractivity contribution < 1.29 is 19.4 Å². The highest BCUT2D eigenvalue weighted by atomic mass is 16.6. The van der Waals surface area contributed by atoms with Gasteiger partial charge in [-0.15, -0.1) is 0 Å². The molecule has 1 amide bonds. The number of carbonyl (C=O) groups excluding carboxylic acids is 1. The number of amides is 1. The van der Waals surface area contributed by atoms with Crippen LogP contribution >= 0.6 is 0 Å². The fraction of sp³-hybridized carbons (Fsp3) is 0.529. The summed E-state index contributed by atoms with van der Waals surface area (Å²) in [6.45, 7) is 3.94. The number of hydrogen-bond acceptors (Lipinski definition) is 5. The van der Waals surface area contributed by atoms with Gasteiger partial charge in [-0.3, -0.25) is 4.79 Å². The minimum atomic E-state index is -0.711. The Morgan fingerprint density at radius 3 is 2.91 bits per heavy atom. The summed E-state index contributed by atoms with van der Waals surface area (Å²) in [4.78, 5) is 14.1. The lowest BCUT2D eigenvalue weighted by Gasteiger charge is -2.47.